The average molecular weight is 242 g/mol. The largest absolute Gasteiger partial charge is 0.477 e. The summed E-state index contributed by atoms with van der Waals surface area (Å²) in [6.07, 6.45) is 5.88. The summed E-state index contributed by atoms with van der Waals surface area (Å²) >= 11 is 0. The molecule has 1 aliphatic carbocycles. The van der Waals surface area contributed by atoms with Gasteiger partial charge in [0, 0.05) is 5.39 Å². The second-order valence-electron chi connectivity index (χ2n) is 4.24. The van der Waals surface area contributed by atoms with Gasteiger partial charge in [-0.25, -0.2) is 9.59 Å². The molecule has 0 aliphatic heterocycles. The third-order valence-electron chi connectivity index (χ3n) is 3.14. The fourth-order valence-corrected chi connectivity index (χ4v) is 2.26. The number of fused-ring (bicyclic) bond motifs is 3. The van der Waals surface area contributed by atoms with Crippen molar-refractivity contribution in [3.05, 3.63) is 51.4 Å². The van der Waals surface area contributed by atoms with Crippen LogP contribution >= 0.6 is 0 Å². The summed E-state index contributed by atoms with van der Waals surface area (Å²) < 4.78 is 5.05. The molecule has 1 N–H and O–H groups in total. The number of benzene rings is 1. The van der Waals surface area contributed by atoms with Gasteiger partial charge in [0.25, 0.3) is 0 Å². The number of hydrogen-bond donors (Lipinski definition) is 1. The first-order chi connectivity index (χ1) is 8.66. The van der Waals surface area contributed by atoms with Gasteiger partial charge in [0.15, 0.2) is 0 Å². The van der Waals surface area contributed by atoms with Gasteiger partial charge in [-0.15, -0.1) is 0 Å². The highest BCUT2D eigenvalue weighted by Crippen LogP contribution is 2.27. The Bertz CT molecular complexity index is 737. The Morgan fingerprint density at radius 3 is 2.94 bits per heavy atom. The zero-order valence-corrected chi connectivity index (χ0v) is 9.47. The summed E-state index contributed by atoms with van der Waals surface area (Å²) in [5.41, 5.74) is 1.39. The molecular formula is C14H10O4. The standard InChI is InChI=1S/C14H10O4/c15-13(16)11-7-10-9-4-2-1-3-8(9)5-6-12(10)18-14(11)17/h2,4-7H,1,3H2,(H,15,16). The van der Waals surface area contributed by atoms with E-state index in [2.05, 4.69) is 0 Å². The third-order valence-corrected chi connectivity index (χ3v) is 3.14. The van der Waals surface area contributed by atoms with Crippen molar-refractivity contribution in [2.24, 2.45) is 0 Å². The quantitative estimate of drug-likeness (QED) is 0.780. The predicted molar refractivity (Wildman–Crippen MR) is 66.8 cm³/mol. The Labute approximate surface area is 102 Å². The molecule has 4 nitrogen and oxygen atoms in total. The van der Waals surface area contributed by atoms with Gasteiger partial charge in [-0.2, -0.15) is 0 Å². The van der Waals surface area contributed by atoms with Gasteiger partial charge in [-0.3, -0.25) is 0 Å². The van der Waals surface area contributed by atoms with Crippen LogP contribution < -0.4 is 5.63 Å². The first kappa shape index (κ1) is 10.8. The van der Waals surface area contributed by atoms with Crippen molar-refractivity contribution < 1.29 is 14.3 Å². The molecule has 2 aromatic rings. The molecule has 0 saturated carbocycles. The highest BCUT2D eigenvalue weighted by molar-refractivity contribution is 5.95. The Balaban J connectivity index is 2.41. The molecule has 0 saturated heterocycles. The van der Waals surface area contributed by atoms with Crippen molar-refractivity contribution in [1.82, 2.24) is 0 Å². The van der Waals surface area contributed by atoms with Crippen LogP contribution in [0, 0.1) is 0 Å². The summed E-state index contributed by atoms with van der Waals surface area (Å²) in [6, 6.07) is 5.04. The second kappa shape index (κ2) is 3.84. The van der Waals surface area contributed by atoms with Gasteiger partial charge in [0.05, 0.1) is 0 Å². The molecule has 90 valence electrons. The van der Waals surface area contributed by atoms with E-state index in [1.807, 2.05) is 18.2 Å². The van der Waals surface area contributed by atoms with Crippen LogP contribution in [-0.2, 0) is 6.42 Å². The number of carboxylic acids is 1. The van der Waals surface area contributed by atoms with Gasteiger partial charge in [-0.05, 0) is 36.1 Å². The topological polar surface area (TPSA) is 67.5 Å². The van der Waals surface area contributed by atoms with E-state index >= 15 is 0 Å². The minimum Gasteiger partial charge on any atom is -0.477 e. The van der Waals surface area contributed by atoms with E-state index in [4.69, 9.17) is 9.52 Å². The minimum absolute atomic E-state index is 0.324. The molecule has 1 aromatic carbocycles. The number of carboxylic acid groups (broad SMARTS) is 1. The fraction of sp³-hybridized carbons (Fsp3) is 0.143. The van der Waals surface area contributed by atoms with Crippen LogP contribution in [0.25, 0.3) is 17.0 Å². The maximum absolute atomic E-state index is 11.5. The van der Waals surface area contributed by atoms with Crippen LogP contribution in [0.5, 0.6) is 0 Å². The number of hydrogen-bond acceptors (Lipinski definition) is 3. The maximum Gasteiger partial charge on any atom is 0.351 e. The Hall–Kier alpha value is -2.36. The molecule has 1 heterocycles. The molecule has 0 radical (unpaired) electrons. The van der Waals surface area contributed by atoms with Crippen LogP contribution in [0.2, 0.25) is 0 Å². The van der Waals surface area contributed by atoms with E-state index in [0.29, 0.717) is 11.0 Å². The van der Waals surface area contributed by atoms with Gasteiger partial charge in [-0.1, -0.05) is 18.2 Å². The molecule has 0 unspecified atom stereocenters. The SMILES string of the molecule is O=C(O)c1cc2c3c(ccc2oc1=O)CCC=C3. The molecular weight excluding hydrogens is 232 g/mol. The van der Waals surface area contributed by atoms with E-state index in [0.717, 1.165) is 24.0 Å². The Morgan fingerprint density at radius 2 is 2.17 bits per heavy atom. The van der Waals surface area contributed by atoms with Crippen LogP contribution in [-0.4, -0.2) is 11.1 Å². The second-order valence-corrected chi connectivity index (χ2v) is 4.24. The number of aromatic carboxylic acids is 1. The zero-order chi connectivity index (χ0) is 12.7. The molecule has 0 atom stereocenters. The lowest BCUT2D eigenvalue weighted by atomic mass is 9.94. The van der Waals surface area contributed by atoms with Crippen LogP contribution in [0.15, 0.2) is 33.5 Å². The lowest BCUT2D eigenvalue weighted by Crippen LogP contribution is -2.13. The molecule has 1 aromatic heterocycles. The van der Waals surface area contributed by atoms with Gasteiger partial charge in [0.1, 0.15) is 11.1 Å². The van der Waals surface area contributed by atoms with Crippen LogP contribution in [0.4, 0.5) is 0 Å². The van der Waals surface area contributed by atoms with E-state index in [1.165, 1.54) is 6.07 Å². The van der Waals surface area contributed by atoms with Gasteiger partial charge < -0.3 is 9.52 Å². The monoisotopic (exact) mass is 242 g/mol. The molecule has 0 amide bonds. The maximum atomic E-state index is 11.5. The smallest absolute Gasteiger partial charge is 0.351 e. The van der Waals surface area contributed by atoms with E-state index in [1.54, 1.807) is 6.07 Å². The number of allylic oxidation sites excluding steroid dienone is 1. The summed E-state index contributed by atoms with van der Waals surface area (Å²) in [4.78, 5) is 22.4. The van der Waals surface area contributed by atoms with Crippen LogP contribution in [0.3, 0.4) is 0 Å². The number of carbonyl (C=O) groups is 1. The summed E-state index contributed by atoms with van der Waals surface area (Å²) in [5.74, 6) is -1.26. The summed E-state index contributed by atoms with van der Waals surface area (Å²) in [5, 5.41) is 9.63. The number of rotatable bonds is 1. The van der Waals surface area contributed by atoms with Crippen molar-refractivity contribution in [2.45, 2.75) is 12.8 Å². The van der Waals surface area contributed by atoms with Gasteiger partial charge >= 0.3 is 11.6 Å². The third kappa shape index (κ3) is 1.54. The summed E-state index contributed by atoms with van der Waals surface area (Å²) in [6.45, 7) is 0. The average Bonchev–Trinajstić information content (AvgIpc) is 2.37. The first-order valence-electron chi connectivity index (χ1n) is 5.66. The first-order valence-corrected chi connectivity index (χ1v) is 5.66. The molecule has 4 heteroatoms. The molecule has 0 fully saturated rings. The highest BCUT2D eigenvalue weighted by Gasteiger charge is 2.15. The molecule has 3 rings (SSSR count). The summed E-state index contributed by atoms with van der Waals surface area (Å²) in [7, 11) is 0. The van der Waals surface area contributed by atoms with Crippen molar-refractivity contribution in [3.63, 3.8) is 0 Å². The molecule has 0 bridgehead atoms. The van der Waals surface area contributed by atoms with Crippen molar-refractivity contribution in [3.8, 4) is 0 Å². The number of aryl methyl sites for hydroxylation is 1. The molecule has 0 spiro atoms. The lowest BCUT2D eigenvalue weighted by Gasteiger charge is -2.12. The Morgan fingerprint density at radius 1 is 1.33 bits per heavy atom. The van der Waals surface area contributed by atoms with Crippen molar-refractivity contribution in [2.75, 3.05) is 0 Å². The fourth-order valence-electron chi connectivity index (χ4n) is 2.26. The Kier molecular flexibility index (Phi) is 2.30. The van der Waals surface area contributed by atoms with Crippen molar-refractivity contribution >= 4 is 23.0 Å². The van der Waals surface area contributed by atoms with Crippen molar-refractivity contribution in [1.29, 1.82) is 0 Å². The van der Waals surface area contributed by atoms with E-state index < -0.39 is 11.6 Å². The molecule has 1 aliphatic rings. The lowest BCUT2D eigenvalue weighted by molar-refractivity contribution is 0.0692. The van der Waals surface area contributed by atoms with E-state index in [-0.39, 0.29) is 5.56 Å². The highest BCUT2D eigenvalue weighted by atomic mass is 16.4. The normalized spacial score (nSPS) is 13.6. The zero-order valence-electron chi connectivity index (χ0n) is 9.47. The van der Waals surface area contributed by atoms with Crippen LogP contribution in [0.1, 0.15) is 27.9 Å². The predicted octanol–water partition coefficient (Wildman–Crippen LogP) is 2.45. The minimum atomic E-state index is -1.26. The van der Waals surface area contributed by atoms with E-state index in [9.17, 15) is 9.59 Å². The van der Waals surface area contributed by atoms with Gasteiger partial charge in [0.2, 0.25) is 0 Å². The molecule has 18 heavy (non-hydrogen) atoms.